The van der Waals surface area contributed by atoms with Crippen molar-refractivity contribution in [1.29, 1.82) is 0 Å². The minimum atomic E-state index is -0.504. The molecular weight excluding hydrogens is 294 g/mol. The van der Waals surface area contributed by atoms with Gasteiger partial charge in [-0.25, -0.2) is 4.79 Å². The van der Waals surface area contributed by atoms with Crippen molar-refractivity contribution in [3.8, 4) is 5.75 Å². The maximum absolute atomic E-state index is 12.0. The van der Waals surface area contributed by atoms with Gasteiger partial charge in [-0.3, -0.25) is 4.79 Å². The second-order valence-corrected chi connectivity index (χ2v) is 5.14. The van der Waals surface area contributed by atoms with E-state index in [1.165, 1.54) is 7.11 Å². The molecule has 1 N–H and O–H groups in total. The number of ether oxygens (including phenoxy) is 2. The highest BCUT2D eigenvalue weighted by atomic mass is 16.5. The van der Waals surface area contributed by atoms with Gasteiger partial charge in [-0.1, -0.05) is 29.8 Å². The van der Waals surface area contributed by atoms with Crippen LogP contribution in [0.25, 0.3) is 0 Å². The maximum Gasteiger partial charge on any atom is 0.341 e. The largest absolute Gasteiger partial charge is 0.483 e. The fourth-order valence-electron chi connectivity index (χ4n) is 2.15. The first-order valence-electron chi connectivity index (χ1n) is 7.18. The van der Waals surface area contributed by atoms with Crippen LogP contribution in [0.1, 0.15) is 21.5 Å². The SMILES string of the molecule is COC(=O)c1ccccc1OCC(=O)Nc1ccc(C)cc1C. The Bertz CT molecular complexity index is 725. The number of anilines is 1. The monoisotopic (exact) mass is 313 g/mol. The second-order valence-electron chi connectivity index (χ2n) is 5.14. The van der Waals surface area contributed by atoms with Gasteiger partial charge in [-0.05, 0) is 37.6 Å². The van der Waals surface area contributed by atoms with Crippen molar-refractivity contribution in [3.63, 3.8) is 0 Å². The van der Waals surface area contributed by atoms with Crippen molar-refractivity contribution in [2.75, 3.05) is 19.0 Å². The second kappa shape index (κ2) is 7.45. The minimum Gasteiger partial charge on any atom is -0.483 e. The standard InChI is InChI=1S/C18H19NO4/c1-12-8-9-15(13(2)10-12)19-17(20)11-23-16-7-5-4-6-14(16)18(21)22-3/h4-10H,11H2,1-3H3,(H,19,20). The van der Waals surface area contributed by atoms with E-state index in [9.17, 15) is 9.59 Å². The number of aryl methyl sites for hydroxylation is 2. The maximum atomic E-state index is 12.0. The van der Waals surface area contributed by atoms with Gasteiger partial charge in [-0.2, -0.15) is 0 Å². The summed E-state index contributed by atoms with van der Waals surface area (Å²) in [5.74, 6) is -0.484. The van der Waals surface area contributed by atoms with Crippen LogP contribution in [-0.4, -0.2) is 25.6 Å². The Hall–Kier alpha value is -2.82. The molecule has 0 aliphatic carbocycles. The Morgan fingerprint density at radius 3 is 2.52 bits per heavy atom. The highest BCUT2D eigenvalue weighted by molar-refractivity contribution is 5.94. The number of amides is 1. The molecule has 0 radical (unpaired) electrons. The van der Waals surface area contributed by atoms with Gasteiger partial charge in [0.2, 0.25) is 0 Å². The van der Waals surface area contributed by atoms with Gasteiger partial charge in [-0.15, -0.1) is 0 Å². The summed E-state index contributed by atoms with van der Waals surface area (Å²) in [5, 5.41) is 2.79. The van der Waals surface area contributed by atoms with Crippen LogP contribution < -0.4 is 10.1 Å². The first kappa shape index (κ1) is 16.5. The molecule has 2 aromatic rings. The smallest absolute Gasteiger partial charge is 0.341 e. The lowest BCUT2D eigenvalue weighted by Crippen LogP contribution is -2.21. The van der Waals surface area contributed by atoms with E-state index >= 15 is 0 Å². The van der Waals surface area contributed by atoms with Gasteiger partial charge in [0.05, 0.1) is 7.11 Å². The number of carbonyl (C=O) groups is 2. The molecule has 2 rings (SSSR count). The molecule has 5 heteroatoms. The molecule has 0 bridgehead atoms. The zero-order chi connectivity index (χ0) is 16.8. The lowest BCUT2D eigenvalue weighted by Gasteiger charge is -2.12. The molecule has 0 aliphatic rings. The van der Waals surface area contributed by atoms with E-state index in [4.69, 9.17) is 4.74 Å². The van der Waals surface area contributed by atoms with E-state index < -0.39 is 5.97 Å². The van der Waals surface area contributed by atoms with Crippen LogP contribution in [0, 0.1) is 13.8 Å². The Labute approximate surface area is 135 Å². The van der Waals surface area contributed by atoms with Crippen molar-refractivity contribution in [2.45, 2.75) is 13.8 Å². The summed E-state index contributed by atoms with van der Waals surface area (Å²) >= 11 is 0. The summed E-state index contributed by atoms with van der Waals surface area (Å²) < 4.78 is 10.1. The third-order valence-corrected chi connectivity index (χ3v) is 3.31. The highest BCUT2D eigenvalue weighted by Crippen LogP contribution is 2.19. The Balaban J connectivity index is 2.01. The van der Waals surface area contributed by atoms with E-state index in [1.807, 2.05) is 32.0 Å². The molecule has 5 nitrogen and oxygen atoms in total. The Morgan fingerprint density at radius 1 is 1.09 bits per heavy atom. The van der Waals surface area contributed by atoms with Crippen LogP contribution in [0.2, 0.25) is 0 Å². The molecule has 120 valence electrons. The molecule has 0 heterocycles. The zero-order valence-electron chi connectivity index (χ0n) is 13.4. The third-order valence-electron chi connectivity index (χ3n) is 3.31. The van der Waals surface area contributed by atoms with E-state index in [2.05, 4.69) is 10.1 Å². The van der Waals surface area contributed by atoms with Crippen LogP contribution in [-0.2, 0) is 9.53 Å². The van der Waals surface area contributed by atoms with Crippen molar-refractivity contribution < 1.29 is 19.1 Å². The summed E-state index contributed by atoms with van der Waals surface area (Å²) in [6.07, 6.45) is 0. The first-order chi connectivity index (χ1) is 11.0. The molecule has 0 spiro atoms. The first-order valence-corrected chi connectivity index (χ1v) is 7.18. The number of carbonyl (C=O) groups excluding carboxylic acids is 2. The molecular formula is C18H19NO4. The van der Waals surface area contributed by atoms with E-state index in [1.54, 1.807) is 24.3 Å². The van der Waals surface area contributed by atoms with E-state index in [-0.39, 0.29) is 18.1 Å². The summed E-state index contributed by atoms with van der Waals surface area (Å²) in [6, 6.07) is 12.4. The lowest BCUT2D eigenvalue weighted by atomic mass is 10.1. The molecule has 0 saturated carbocycles. The topological polar surface area (TPSA) is 64.6 Å². The summed E-state index contributed by atoms with van der Waals surface area (Å²) in [5.41, 5.74) is 3.14. The summed E-state index contributed by atoms with van der Waals surface area (Å²) in [4.78, 5) is 23.7. The fraction of sp³-hybridized carbons (Fsp3) is 0.222. The van der Waals surface area contributed by atoms with Crippen LogP contribution in [0.15, 0.2) is 42.5 Å². The van der Waals surface area contributed by atoms with Crippen molar-refractivity contribution in [2.24, 2.45) is 0 Å². The van der Waals surface area contributed by atoms with E-state index in [0.717, 1.165) is 16.8 Å². The minimum absolute atomic E-state index is 0.193. The van der Waals surface area contributed by atoms with Gasteiger partial charge >= 0.3 is 5.97 Å². The number of nitrogens with one attached hydrogen (secondary N) is 1. The molecule has 0 saturated heterocycles. The third kappa shape index (κ3) is 4.32. The number of benzene rings is 2. The molecule has 0 unspecified atom stereocenters. The molecule has 0 fully saturated rings. The van der Waals surface area contributed by atoms with Crippen molar-refractivity contribution in [1.82, 2.24) is 0 Å². The Kier molecular flexibility index (Phi) is 5.36. The predicted molar refractivity (Wildman–Crippen MR) is 87.8 cm³/mol. The highest BCUT2D eigenvalue weighted by Gasteiger charge is 2.13. The number of hydrogen-bond donors (Lipinski definition) is 1. The zero-order valence-corrected chi connectivity index (χ0v) is 13.4. The molecule has 2 aromatic carbocycles. The Morgan fingerprint density at radius 2 is 1.83 bits per heavy atom. The average Bonchev–Trinajstić information content (AvgIpc) is 2.55. The fourth-order valence-corrected chi connectivity index (χ4v) is 2.15. The average molecular weight is 313 g/mol. The number of methoxy groups -OCH3 is 1. The number of hydrogen-bond acceptors (Lipinski definition) is 4. The lowest BCUT2D eigenvalue weighted by molar-refractivity contribution is -0.118. The van der Waals surface area contributed by atoms with E-state index in [0.29, 0.717) is 5.75 Å². The summed E-state index contributed by atoms with van der Waals surface area (Å²) in [6.45, 7) is 3.73. The normalized spacial score (nSPS) is 10.0. The van der Waals surface area contributed by atoms with Gasteiger partial charge in [0.1, 0.15) is 11.3 Å². The number of rotatable bonds is 5. The predicted octanol–water partition coefficient (Wildman–Crippen LogP) is 3.11. The summed E-state index contributed by atoms with van der Waals surface area (Å²) in [7, 11) is 1.30. The molecule has 1 amide bonds. The molecule has 0 aliphatic heterocycles. The quantitative estimate of drug-likeness (QED) is 0.861. The molecule has 0 aromatic heterocycles. The van der Waals surface area contributed by atoms with Gasteiger partial charge in [0.25, 0.3) is 5.91 Å². The molecule has 0 atom stereocenters. The molecule has 23 heavy (non-hydrogen) atoms. The van der Waals surface area contributed by atoms with Crippen LogP contribution >= 0.6 is 0 Å². The van der Waals surface area contributed by atoms with Crippen LogP contribution in [0.5, 0.6) is 5.75 Å². The van der Waals surface area contributed by atoms with Gasteiger partial charge in [0, 0.05) is 5.69 Å². The van der Waals surface area contributed by atoms with Crippen LogP contribution in [0.4, 0.5) is 5.69 Å². The number of esters is 1. The van der Waals surface area contributed by atoms with Crippen LogP contribution in [0.3, 0.4) is 0 Å². The van der Waals surface area contributed by atoms with Crippen molar-refractivity contribution in [3.05, 3.63) is 59.2 Å². The van der Waals surface area contributed by atoms with Gasteiger partial charge < -0.3 is 14.8 Å². The number of para-hydroxylation sites is 1. The van der Waals surface area contributed by atoms with Gasteiger partial charge in [0.15, 0.2) is 6.61 Å². The van der Waals surface area contributed by atoms with Crippen molar-refractivity contribution >= 4 is 17.6 Å².